The molecule has 2 rings (SSSR count). The summed E-state index contributed by atoms with van der Waals surface area (Å²) in [5.74, 6) is 1.05. The van der Waals surface area contributed by atoms with Gasteiger partial charge in [0.2, 0.25) is 5.88 Å². The number of aromatic nitrogens is 1. The van der Waals surface area contributed by atoms with E-state index in [1.54, 1.807) is 19.1 Å². The average Bonchev–Trinajstić information content (AvgIpc) is 2.62. The van der Waals surface area contributed by atoms with Gasteiger partial charge in [0, 0.05) is 24.8 Å². The van der Waals surface area contributed by atoms with Crippen LogP contribution in [-0.4, -0.2) is 24.8 Å². The highest BCUT2D eigenvalue weighted by Crippen LogP contribution is 2.33. The van der Waals surface area contributed by atoms with Crippen LogP contribution in [0.15, 0.2) is 41.3 Å². The summed E-state index contributed by atoms with van der Waals surface area (Å²) in [5, 5.41) is 0.341. The minimum absolute atomic E-state index is 0.0440. The predicted molar refractivity (Wildman–Crippen MR) is 105 cm³/mol. The van der Waals surface area contributed by atoms with Crippen LogP contribution in [0.3, 0.4) is 0 Å². The van der Waals surface area contributed by atoms with Crippen LogP contribution in [0.25, 0.3) is 0 Å². The van der Waals surface area contributed by atoms with Crippen molar-refractivity contribution in [3.8, 4) is 17.4 Å². The summed E-state index contributed by atoms with van der Waals surface area (Å²) >= 11 is 8.86. The van der Waals surface area contributed by atoms with Crippen LogP contribution in [0.2, 0.25) is 5.02 Å². The maximum Gasteiger partial charge on any atom is 0.417 e. The lowest BCUT2D eigenvalue weighted by Gasteiger charge is -2.13. The van der Waals surface area contributed by atoms with Crippen LogP contribution in [-0.2, 0) is 6.18 Å². The Kier molecular flexibility index (Phi) is 8.58. The third-order valence-corrected chi connectivity index (χ3v) is 4.14. The van der Waals surface area contributed by atoms with E-state index >= 15 is 0 Å². The van der Waals surface area contributed by atoms with Crippen molar-refractivity contribution in [1.82, 2.24) is 4.98 Å². The topological polar surface area (TPSA) is 40.6 Å². The first-order valence-electron chi connectivity index (χ1n) is 8.40. The Morgan fingerprint density at radius 3 is 2.48 bits per heavy atom. The van der Waals surface area contributed by atoms with E-state index in [9.17, 15) is 17.6 Å². The fraction of sp³-hybridized carbons (Fsp3) is 0.316. The third-order valence-electron chi connectivity index (χ3n) is 3.54. The molecule has 29 heavy (non-hydrogen) atoms. The van der Waals surface area contributed by atoms with Gasteiger partial charge in [-0.15, -0.1) is 0 Å². The lowest BCUT2D eigenvalue weighted by atomic mass is 10.2. The van der Waals surface area contributed by atoms with Crippen molar-refractivity contribution in [2.24, 2.45) is 0 Å². The van der Waals surface area contributed by atoms with E-state index in [0.29, 0.717) is 22.9 Å². The smallest absolute Gasteiger partial charge is 0.417 e. The fourth-order valence-electron chi connectivity index (χ4n) is 2.21. The quantitative estimate of drug-likeness (QED) is 0.292. The van der Waals surface area contributed by atoms with Gasteiger partial charge in [-0.25, -0.2) is 4.98 Å². The first-order chi connectivity index (χ1) is 13.7. The summed E-state index contributed by atoms with van der Waals surface area (Å²) in [6, 6.07) is 5.35. The Morgan fingerprint density at radius 2 is 1.90 bits per heavy atom. The molecule has 0 saturated heterocycles. The molecule has 0 spiro atoms. The highest BCUT2D eigenvalue weighted by atomic mass is 79.9. The van der Waals surface area contributed by atoms with E-state index in [1.807, 2.05) is 0 Å². The number of rotatable bonds is 9. The largest absolute Gasteiger partial charge is 0.492 e. The molecule has 1 aromatic carbocycles. The Balaban J connectivity index is 1.79. The molecule has 0 atom stereocenters. The number of alkyl halides is 3. The van der Waals surface area contributed by atoms with E-state index in [-0.39, 0.29) is 25.7 Å². The van der Waals surface area contributed by atoms with Gasteiger partial charge in [-0.05, 0) is 46.6 Å². The summed E-state index contributed by atoms with van der Waals surface area (Å²) in [7, 11) is 0. The molecule has 0 unspecified atom stereocenters. The first kappa shape index (κ1) is 23.3. The summed E-state index contributed by atoms with van der Waals surface area (Å²) in [5.41, 5.74) is -0.0970. The summed E-state index contributed by atoms with van der Waals surface area (Å²) in [4.78, 5) is 3.63. The summed E-state index contributed by atoms with van der Waals surface area (Å²) < 4.78 is 65.8. The number of ether oxygens (including phenoxy) is 3. The Bertz CT molecular complexity index is 817. The van der Waals surface area contributed by atoms with Gasteiger partial charge in [-0.3, -0.25) is 0 Å². The monoisotopic (exact) mass is 497 g/mol. The third kappa shape index (κ3) is 7.74. The summed E-state index contributed by atoms with van der Waals surface area (Å²) in [6.07, 6.45) is -2.02. The number of nitrogens with zero attached hydrogens (tertiary/aromatic N) is 1. The molecule has 10 heteroatoms. The zero-order chi connectivity index (χ0) is 21.4. The molecule has 0 saturated carbocycles. The van der Waals surface area contributed by atoms with Gasteiger partial charge in [0.05, 0.1) is 23.8 Å². The van der Waals surface area contributed by atoms with Gasteiger partial charge >= 0.3 is 6.18 Å². The van der Waals surface area contributed by atoms with Gasteiger partial charge in [0.1, 0.15) is 18.1 Å². The lowest BCUT2D eigenvalue weighted by Crippen LogP contribution is -2.08. The van der Waals surface area contributed by atoms with Crippen molar-refractivity contribution >= 4 is 27.5 Å². The molecule has 0 aliphatic carbocycles. The van der Waals surface area contributed by atoms with Crippen molar-refractivity contribution in [2.75, 3.05) is 19.8 Å². The molecule has 0 bridgehead atoms. The van der Waals surface area contributed by atoms with Gasteiger partial charge in [0.15, 0.2) is 4.74 Å². The Labute approximate surface area is 178 Å². The van der Waals surface area contributed by atoms with Crippen molar-refractivity contribution in [2.45, 2.75) is 19.5 Å². The number of hydrogen-bond acceptors (Lipinski definition) is 4. The molecule has 0 N–H and O–H groups in total. The van der Waals surface area contributed by atoms with Crippen molar-refractivity contribution in [3.05, 3.63) is 57.4 Å². The van der Waals surface area contributed by atoms with Crippen LogP contribution < -0.4 is 14.2 Å². The Hall–Kier alpha value is -2.00. The van der Waals surface area contributed by atoms with E-state index < -0.39 is 16.5 Å². The van der Waals surface area contributed by atoms with Gasteiger partial charge in [-0.1, -0.05) is 11.6 Å². The molecular formula is C19H17BrClF4NO3. The minimum Gasteiger partial charge on any atom is -0.492 e. The maximum absolute atomic E-state index is 12.6. The van der Waals surface area contributed by atoms with Gasteiger partial charge < -0.3 is 14.2 Å². The fourth-order valence-corrected chi connectivity index (χ4v) is 2.65. The normalized spacial score (nSPS) is 12.0. The van der Waals surface area contributed by atoms with Crippen LogP contribution in [0, 0.1) is 6.92 Å². The second-order valence-corrected chi connectivity index (χ2v) is 6.95. The molecule has 4 nitrogen and oxygen atoms in total. The zero-order valence-corrected chi connectivity index (χ0v) is 17.6. The molecule has 0 aliphatic heterocycles. The Morgan fingerprint density at radius 1 is 1.17 bits per heavy atom. The SMILES string of the molecule is Cc1cc(OC/C=C(/F)Br)cc(Cl)c1OCCCOc1ccc(C(F)(F)F)cn1. The van der Waals surface area contributed by atoms with E-state index in [2.05, 4.69) is 20.9 Å². The average molecular weight is 499 g/mol. The summed E-state index contributed by atoms with van der Waals surface area (Å²) in [6.45, 7) is 2.32. The highest BCUT2D eigenvalue weighted by molar-refractivity contribution is 9.11. The molecule has 0 radical (unpaired) electrons. The van der Waals surface area contributed by atoms with Crippen molar-refractivity contribution in [1.29, 1.82) is 0 Å². The van der Waals surface area contributed by atoms with Crippen LogP contribution in [0.4, 0.5) is 17.6 Å². The molecule has 0 aliphatic rings. The van der Waals surface area contributed by atoms with E-state index in [0.717, 1.165) is 17.8 Å². The number of benzene rings is 1. The van der Waals surface area contributed by atoms with Crippen LogP contribution in [0.1, 0.15) is 17.5 Å². The number of aryl methyl sites for hydroxylation is 1. The molecule has 0 fully saturated rings. The van der Waals surface area contributed by atoms with Gasteiger partial charge in [0.25, 0.3) is 0 Å². The second-order valence-electron chi connectivity index (χ2n) is 5.79. The number of halogens is 6. The molecular weight excluding hydrogens is 482 g/mol. The molecule has 1 aromatic heterocycles. The highest BCUT2D eigenvalue weighted by Gasteiger charge is 2.30. The molecule has 0 amide bonds. The lowest BCUT2D eigenvalue weighted by molar-refractivity contribution is -0.137. The number of pyridine rings is 1. The van der Waals surface area contributed by atoms with E-state index in [1.165, 1.54) is 12.1 Å². The van der Waals surface area contributed by atoms with Gasteiger partial charge in [-0.2, -0.15) is 17.6 Å². The number of hydrogen-bond donors (Lipinski definition) is 0. The molecule has 1 heterocycles. The first-order valence-corrected chi connectivity index (χ1v) is 9.57. The van der Waals surface area contributed by atoms with Crippen LogP contribution >= 0.6 is 27.5 Å². The standard InChI is InChI=1S/C19H17BrClF4NO3/c1-12-9-14(27-8-5-16(20)22)10-15(21)18(12)29-7-2-6-28-17-4-3-13(11-26-17)19(23,24)25/h3-5,9-11H,2,6-8H2,1H3/b16-5+. The second kappa shape index (κ2) is 10.7. The maximum atomic E-state index is 12.6. The van der Waals surface area contributed by atoms with Crippen LogP contribution in [0.5, 0.6) is 17.4 Å². The van der Waals surface area contributed by atoms with E-state index in [4.69, 9.17) is 25.8 Å². The van der Waals surface area contributed by atoms with Crippen molar-refractivity contribution in [3.63, 3.8) is 0 Å². The molecule has 2 aromatic rings. The predicted octanol–water partition coefficient (Wildman–Crippen LogP) is 6.49. The van der Waals surface area contributed by atoms with Crippen molar-refractivity contribution < 1.29 is 31.8 Å². The minimum atomic E-state index is -4.43. The molecule has 158 valence electrons. The zero-order valence-electron chi connectivity index (χ0n) is 15.2.